The van der Waals surface area contributed by atoms with Gasteiger partial charge in [0.05, 0.1) is 12.9 Å². The van der Waals surface area contributed by atoms with Gasteiger partial charge in [-0.3, -0.25) is 18.7 Å². The molecular formula is C18H26N5O9P. The molecule has 1 fully saturated rings. The van der Waals surface area contributed by atoms with Crippen LogP contribution in [0.15, 0.2) is 12.7 Å². The van der Waals surface area contributed by atoms with E-state index in [2.05, 4.69) is 19.5 Å². The first-order valence-electron chi connectivity index (χ1n) is 10.3. The Morgan fingerprint density at radius 1 is 1.12 bits per heavy atom. The number of hydrogen-bond donors (Lipinski definition) is 3. The largest absolute Gasteiger partial charge is 0.469 e. The molecule has 4 N–H and O–H groups in total. The summed E-state index contributed by atoms with van der Waals surface area (Å²) < 4.78 is 34.3. The highest BCUT2D eigenvalue weighted by molar-refractivity contribution is 7.46. The van der Waals surface area contributed by atoms with Gasteiger partial charge >= 0.3 is 19.8 Å². The van der Waals surface area contributed by atoms with Crippen molar-refractivity contribution in [3.8, 4) is 0 Å². The zero-order valence-electron chi connectivity index (χ0n) is 18.1. The lowest BCUT2D eigenvalue weighted by Gasteiger charge is -2.24. The van der Waals surface area contributed by atoms with Crippen molar-refractivity contribution in [2.45, 2.75) is 64.1 Å². The van der Waals surface area contributed by atoms with Crippen LogP contribution in [0.2, 0.25) is 0 Å². The van der Waals surface area contributed by atoms with Crippen molar-refractivity contribution < 1.29 is 42.7 Å². The van der Waals surface area contributed by atoms with Crippen molar-refractivity contribution in [2.75, 3.05) is 12.3 Å². The summed E-state index contributed by atoms with van der Waals surface area (Å²) >= 11 is 0. The van der Waals surface area contributed by atoms with E-state index in [0.717, 1.165) is 0 Å². The average molecular weight is 487 g/mol. The minimum Gasteiger partial charge on any atom is -0.455 e. The predicted molar refractivity (Wildman–Crippen MR) is 111 cm³/mol. The number of nitrogens with zero attached hydrogens (tertiary/aromatic N) is 4. The van der Waals surface area contributed by atoms with Gasteiger partial charge in [0.25, 0.3) is 0 Å². The summed E-state index contributed by atoms with van der Waals surface area (Å²) in [6.07, 6.45) is -0.893. The molecule has 1 aliphatic rings. The van der Waals surface area contributed by atoms with Gasteiger partial charge in [-0.25, -0.2) is 19.5 Å². The monoisotopic (exact) mass is 487 g/mol. The summed E-state index contributed by atoms with van der Waals surface area (Å²) in [6, 6.07) is 0. The van der Waals surface area contributed by atoms with Crippen LogP contribution in [0.3, 0.4) is 0 Å². The van der Waals surface area contributed by atoms with Gasteiger partial charge in [0.2, 0.25) is 0 Å². The van der Waals surface area contributed by atoms with Crippen LogP contribution in [-0.2, 0) is 32.9 Å². The Morgan fingerprint density at radius 2 is 1.76 bits per heavy atom. The van der Waals surface area contributed by atoms with E-state index in [0.29, 0.717) is 12.8 Å². The van der Waals surface area contributed by atoms with Crippen LogP contribution in [0.25, 0.3) is 11.2 Å². The molecule has 0 spiro atoms. The Labute approximate surface area is 188 Å². The number of phosphoric ester groups is 1. The number of hydrogen-bond acceptors (Lipinski definition) is 11. The number of phosphoric acid groups is 1. The lowest BCUT2D eigenvalue weighted by Crippen LogP contribution is -2.41. The molecule has 4 atom stereocenters. The lowest BCUT2D eigenvalue weighted by atomic mass is 10.1. The molecule has 0 radical (unpaired) electrons. The van der Waals surface area contributed by atoms with E-state index in [1.165, 1.54) is 17.2 Å². The molecule has 182 valence electrons. The number of rotatable bonds is 10. The first-order chi connectivity index (χ1) is 15.6. The smallest absolute Gasteiger partial charge is 0.455 e. The second-order valence-electron chi connectivity index (χ2n) is 7.34. The molecular weight excluding hydrogens is 461 g/mol. The van der Waals surface area contributed by atoms with Crippen molar-refractivity contribution in [1.82, 2.24) is 19.5 Å². The number of fused-ring (bicyclic) bond motifs is 1. The Kier molecular flexibility index (Phi) is 7.97. The molecule has 3 heterocycles. The molecule has 0 bridgehead atoms. The summed E-state index contributed by atoms with van der Waals surface area (Å²) in [7, 11) is -4.86. The van der Waals surface area contributed by atoms with E-state index >= 15 is 0 Å². The number of ether oxygens (including phenoxy) is 3. The lowest BCUT2D eigenvalue weighted by molar-refractivity contribution is -0.168. The first kappa shape index (κ1) is 25.0. The number of carbonyl (C=O) groups is 2. The van der Waals surface area contributed by atoms with E-state index in [1.54, 1.807) is 13.8 Å². The Hall–Kier alpha value is -2.64. The SMILES string of the molecule is CCCC(=O)O[C@@H]1[C@H](OC(=O)CCC)[C@@H](COP(=O)(O)O)O[C@H]1n1cnc2c(N)ncnc21. The van der Waals surface area contributed by atoms with Gasteiger partial charge in [0, 0.05) is 12.8 Å². The third-order valence-electron chi connectivity index (χ3n) is 4.80. The van der Waals surface area contributed by atoms with Gasteiger partial charge in [0.1, 0.15) is 17.9 Å². The van der Waals surface area contributed by atoms with Gasteiger partial charge < -0.3 is 29.7 Å². The highest BCUT2D eigenvalue weighted by atomic mass is 31.2. The number of esters is 2. The first-order valence-corrected chi connectivity index (χ1v) is 11.8. The van der Waals surface area contributed by atoms with Crippen molar-refractivity contribution in [2.24, 2.45) is 0 Å². The van der Waals surface area contributed by atoms with Crippen molar-refractivity contribution in [3.05, 3.63) is 12.7 Å². The number of nitrogen functional groups attached to an aromatic ring is 1. The van der Waals surface area contributed by atoms with Crippen LogP contribution in [0.5, 0.6) is 0 Å². The third kappa shape index (κ3) is 6.03. The van der Waals surface area contributed by atoms with Crippen LogP contribution in [0, 0.1) is 0 Å². The number of imidazole rings is 1. The summed E-state index contributed by atoms with van der Waals surface area (Å²) in [4.78, 5) is 55.1. The van der Waals surface area contributed by atoms with Gasteiger partial charge in [-0.1, -0.05) is 13.8 Å². The van der Waals surface area contributed by atoms with E-state index < -0.39 is 50.9 Å². The van der Waals surface area contributed by atoms with Crippen molar-refractivity contribution in [3.63, 3.8) is 0 Å². The average Bonchev–Trinajstić information content (AvgIpc) is 3.29. The van der Waals surface area contributed by atoms with Crippen molar-refractivity contribution >= 4 is 36.7 Å². The maximum absolute atomic E-state index is 12.4. The fourth-order valence-corrected chi connectivity index (χ4v) is 3.73. The standard InChI is InChI=1S/C18H26N5O9P/c1-3-5-11(24)31-14-10(7-29-33(26,27)28)30-18(15(14)32-12(25)6-4-2)23-9-22-13-16(19)20-8-21-17(13)23/h8-10,14-15,18H,3-7H2,1-2H3,(H2,19,20,21)(H2,26,27,28)/t10-,14-,15-,18-/m1/s1. The number of carbonyl (C=O) groups excluding carboxylic acids is 2. The molecule has 0 saturated carbocycles. The number of aromatic nitrogens is 4. The topological polar surface area (TPSA) is 198 Å². The minimum atomic E-state index is -4.86. The third-order valence-corrected chi connectivity index (χ3v) is 5.28. The normalized spacial score (nSPS) is 23.0. The molecule has 3 rings (SSSR count). The van der Waals surface area contributed by atoms with Gasteiger partial charge in [-0.15, -0.1) is 0 Å². The molecule has 33 heavy (non-hydrogen) atoms. The molecule has 1 aliphatic heterocycles. The number of anilines is 1. The maximum atomic E-state index is 12.4. The molecule has 0 unspecified atom stereocenters. The Bertz CT molecular complexity index is 1040. The fraction of sp³-hybridized carbons (Fsp3) is 0.611. The highest BCUT2D eigenvalue weighted by Crippen LogP contribution is 2.40. The van der Waals surface area contributed by atoms with Crippen LogP contribution < -0.4 is 5.73 Å². The van der Waals surface area contributed by atoms with E-state index in [9.17, 15) is 14.2 Å². The molecule has 2 aromatic rings. The summed E-state index contributed by atoms with van der Waals surface area (Å²) in [5, 5.41) is 0. The van der Waals surface area contributed by atoms with Gasteiger partial charge in [0.15, 0.2) is 29.9 Å². The number of nitrogens with two attached hydrogens (primary N) is 1. The van der Waals surface area contributed by atoms with Crippen molar-refractivity contribution in [1.29, 1.82) is 0 Å². The van der Waals surface area contributed by atoms with E-state index in [-0.39, 0.29) is 29.8 Å². The van der Waals surface area contributed by atoms with Crippen LogP contribution in [0.1, 0.15) is 45.8 Å². The van der Waals surface area contributed by atoms with E-state index in [4.69, 9.17) is 29.7 Å². The maximum Gasteiger partial charge on any atom is 0.469 e. The molecule has 0 amide bonds. The summed E-state index contributed by atoms with van der Waals surface area (Å²) in [5.41, 5.74) is 6.38. The molecule has 0 aliphatic carbocycles. The molecule has 14 nitrogen and oxygen atoms in total. The quantitative estimate of drug-likeness (QED) is 0.315. The zero-order chi connectivity index (χ0) is 24.2. The molecule has 2 aromatic heterocycles. The molecule has 0 aromatic carbocycles. The van der Waals surface area contributed by atoms with E-state index in [1.807, 2.05) is 0 Å². The minimum absolute atomic E-state index is 0.0840. The predicted octanol–water partition coefficient (Wildman–Crippen LogP) is 0.839. The fourth-order valence-electron chi connectivity index (χ4n) is 3.39. The second-order valence-corrected chi connectivity index (χ2v) is 8.58. The Balaban J connectivity index is 2.00. The highest BCUT2D eigenvalue weighted by Gasteiger charge is 2.51. The summed E-state index contributed by atoms with van der Waals surface area (Å²) in [5.74, 6) is -1.04. The van der Waals surface area contributed by atoms with Crippen LogP contribution >= 0.6 is 7.82 Å². The van der Waals surface area contributed by atoms with Crippen LogP contribution in [-0.4, -0.2) is 66.2 Å². The molecule has 15 heteroatoms. The second kappa shape index (κ2) is 10.5. The summed E-state index contributed by atoms with van der Waals surface area (Å²) in [6.45, 7) is 2.95. The molecule has 1 saturated heterocycles. The Morgan fingerprint density at radius 3 is 2.36 bits per heavy atom. The van der Waals surface area contributed by atoms with Gasteiger partial charge in [-0.2, -0.15) is 0 Å². The zero-order valence-corrected chi connectivity index (χ0v) is 19.0. The van der Waals surface area contributed by atoms with Crippen LogP contribution in [0.4, 0.5) is 5.82 Å². The van der Waals surface area contributed by atoms with Gasteiger partial charge in [-0.05, 0) is 12.8 Å².